The third-order valence-corrected chi connectivity index (χ3v) is 5.70. The van der Waals surface area contributed by atoms with Gasteiger partial charge in [0.05, 0.1) is 5.54 Å². The van der Waals surface area contributed by atoms with Crippen LogP contribution in [0.3, 0.4) is 0 Å². The molecule has 1 aliphatic heterocycles. The van der Waals surface area contributed by atoms with Crippen LogP contribution in [0.4, 0.5) is 0 Å². The second kappa shape index (κ2) is 5.49. The van der Waals surface area contributed by atoms with Crippen molar-refractivity contribution in [3.05, 3.63) is 22.4 Å². The number of amides is 1. The van der Waals surface area contributed by atoms with E-state index in [2.05, 4.69) is 34.0 Å². The Bertz CT molecular complexity index is 467. The van der Waals surface area contributed by atoms with Crippen molar-refractivity contribution in [3.63, 3.8) is 0 Å². The monoisotopic (exact) mass is 292 g/mol. The van der Waals surface area contributed by atoms with Crippen LogP contribution in [0.25, 0.3) is 0 Å². The molecule has 0 bridgehead atoms. The Morgan fingerprint density at radius 1 is 1.45 bits per heavy atom. The maximum atomic E-state index is 12.8. The number of nitrogens with one attached hydrogen (secondary N) is 1. The fraction of sp³-hybridized carbons (Fsp3) is 0.688. The molecule has 2 aliphatic rings. The van der Waals surface area contributed by atoms with E-state index < -0.39 is 5.54 Å². The van der Waals surface area contributed by atoms with Crippen LogP contribution < -0.4 is 5.32 Å². The molecule has 1 saturated heterocycles. The molecule has 4 heteroatoms. The molecule has 2 fully saturated rings. The van der Waals surface area contributed by atoms with E-state index in [1.807, 2.05) is 6.92 Å². The van der Waals surface area contributed by atoms with Crippen LogP contribution in [0.15, 0.2) is 16.8 Å². The quantitative estimate of drug-likeness (QED) is 0.920. The Morgan fingerprint density at radius 3 is 2.80 bits per heavy atom. The van der Waals surface area contributed by atoms with E-state index in [0.29, 0.717) is 5.92 Å². The third-order valence-electron chi connectivity index (χ3n) is 5.00. The Kier molecular flexibility index (Phi) is 3.87. The van der Waals surface area contributed by atoms with Gasteiger partial charge in [0.2, 0.25) is 5.91 Å². The highest BCUT2D eigenvalue weighted by atomic mass is 32.1. The van der Waals surface area contributed by atoms with Gasteiger partial charge in [0.1, 0.15) is 6.17 Å². The Balaban J connectivity index is 1.84. The summed E-state index contributed by atoms with van der Waals surface area (Å²) in [6, 6.07) is 2.14. The number of rotatable bonds is 4. The SMILES string of the molecule is CCC1(C)NC(c2ccsc2)N(CC2CCCC2)C1=O. The summed E-state index contributed by atoms with van der Waals surface area (Å²) in [6.07, 6.45) is 6.13. The molecule has 1 aliphatic carbocycles. The predicted octanol–water partition coefficient (Wildman–Crippen LogP) is 3.54. The molecule has 110 valence electrons. The van der Waals surface area contributed by atoms with Crippen molar-refractivity contribution in [1.29, 1.82) is 0 Å². The van der Waals surface area contributed by atoms with E-state index in [-0.39, 0.29) is 12.1 Å². The summed E-state index contributed by atoms with van der Waals surface area (Å²) in [4.78, 5) is 14.9. The molecule has 1 aromatic rings. The topological polar surface area (TPSA) is 32.3 Å². The van der Waals surface area contributed by atoms with Crippen LogP contribution in [0.1, 0.15) is 57.7 Å². The first-order chi connectivity index (χ1) is 9.64. The van der Waals surface area contributed by atoms with Crippen molar-refractivity contribution in [2.75, 3.05) is 6.54 Å². The van der Waals surface area contributed by atoms with Crippen LogP contribution in [-0.2, 0) is 4.79 Å². The maximum Gasteiger partial charge on any atom is 0.244 e. The number of carbonyl (C=O) groups excluding carboxylic acids is 1. The van der Waals surface area contributed by atoms with Crippen LogP contribution in [0, 0.1) is 5.92 Å². The van der Waals surface area contributed by atoms with E-state index in [4.69, 9.17) is 0 Å². The molecule has 2 unspecified atom stereocenters. The van der Waals surface area contributed by atoms with Gasteiger partial charge >= 0.3 is 0 Å². The lowest BCUT2D eigenvalue weighted by atomic mass is 9.99. The lowest BCUT2D eigenvalue weighted by Crippen LogP contribution is -2.43. The van der Waals surface area contributed by atoms with Gasteiger partial charge in [-0.05, 0) is 54.5 Å². The number of hydrogen-bond donors (Lipinski definition) is 1. The standard InChI is InChI=1S/C16H24N2OS/c1-3-16(2)15(19)18(10-12-6-4-5-7-12)14(17-16)13-8-9-20-11-13/h8-9,11-12,14,17H,3-7,10H2,1-2H3. The molecule has 0 aromatic carbocycles. The summed E-state index contributed by atoms with van der Waals surface area (Å²) in [5, 5.41) is 7.83. The molecule has 1 saturated carbocycles. The highest BCUT2D eigenvalue weighted by molar-refractivity contribution is 7.07. The number of carbonyl (C=O) groups is 1. The van der Waals surface area contributed by atoms with Crippen molar-refractivity contribution >= 4 is 17.2 Å². The minimum atomic E-state index is -0.398. The summed E-state index contributed by atoms with van der Waals surface area (Å²) in [5.74, 6) is 0.976. The molecule has 0 spiro atoms. The van der Waals surface area contributed by atoms with Crippen LogP contribution in [-0.4, -0.2) is 22.9 Å². The molecule has 1 amide bonds. The zero-order valence-electron chi connectivity index (χ0n) is 12.4. The van der Waals surface area contributed by atoms with E-state index in [9.17, 15) is 4.79 Å². The maximum absolute atomic E-state index is 12.8. The van der Waals surface area contributed by atoms with Gasteiger partial charge in [-0.3, -0.25) is 10.1 Å². The van der Waals surface area contributed by atoms with Gasteiger partial charge < -0.3 is 4.90 Å². The molecule has 3 rings (SSSR count). The fourth-order valence-corrected chi connectivity index (χ4v) is 4.16. The third kappa shape index (κ3) is 2.40. The minimum Gasteiger partial charge on any atom is -0.321 e. The molecule has 0 radical (unpaired) electrons. The van der Waals surface area contributed by atoms with Gasteiger partial charge in [0, 0.05) is 6.54 Å². The minimum absolute atomic E-state index is 0.0688. The summed E-state index contributed by atoms with van der Waals surface area (Å²) in [5.41, 5.74) is 0.837. The first-order valence-corrected chi connectivity index (χ1v) is 8.69. The van der Waals surface area contributed by atoms with E-state index in [1.54, 1.807) is 11.3 Å². The lowest BCUT2D eigenvalue weighted by Gasteiger charge is -2.26. The largest absolute Gasteiger partial charge is 0.321 e. The summed E-state index contributed by atoms with van der Waals surface area (Å²) in [7, 11) is 0. The summed E-state index contributed by atoms with van der Waals surface area (Å²) in [6.45, 7) is 5.06. The van der Waals surface area contributed by atoms with Crippen LogP contribution >= 0.6 is 11.3 Å². The molecular weight excluding hydrogens is 268 g/mol. The van der Waals surface area contributed by atoms with Crippen molar-refractivity contribution in [2.24, 2.45) is 5.92 Å². The average Bonchev–Trinajstić information content (AvgIpc) is 3.16. The molecule has 3 nitrogen and oxygen atoms in total. The highest BCUT2D eigenvalue weighted by Gasteiger charge is 2.47. The smallest absolute Gasteiger partial charge is 0.244 e. The van der Waals surface area contributed by atoms with Crippen molar-refractivity contribution in [3.8, 4) is 0 Å². The van der Waals surface area contributed by atoms with Crippen LogP contribution in [0.5, 0.6) is 0 Å². The Hall–Kier alpha value is -0.870. The lowest BCUT2D eigenvalue weighted by molar-refractivity contribution is -0.133. The van der Waals surface area contributed by atoms with Crippen molar-refractivity contribution < 1.29 is 4.79 Å². The fourth-order valence-electron chi connectivity index (χ4n) is 3.48. The molecule has 1 N–H and O–H groups in total. The van der Waals surface area contributed by atoms with E-state index >= 15 is 0 Å². The molecule has 1 aromatic heterocycles. The van der Waals surface area contributed by atoms with E-state index in [1.165, 1.54) is 31.2 Å². The molecule has 2 heterocycles. The Morgan fingerprint density at radius 2 is 2.20 bits per heavy atom. The van der Waals surface area contributed by atoms with E-state index in [0.717, 1.165) is 13.0 Å². The predicted molar refractivity (Wildman–Crippen MR) is 82.6 cm³/mol. The van der Waals surface area contributed by atoms with Crippen molar-refractivity contribution in [2.45, 2.75) is 57.7 Å². The Labute approximate surface area is 125 Å². The first kappa shape index (κ1) is 14.1. The summed E-state index contributed by atoms with van der Waals surface area (Å²) < 4.78 is 0. The van der Waals surface area contributed by atoms with Crippen molar-refractivity contribution in [1.82, 2.24) is 10.2 Å². The van der Waals surface area contributed by atoms with Crippen LogP contribution in [0.2, 0.25) is 0 Å². The second-order valence-corrected chi connectivity index (χ2v) is 7.18. The van der Waals surface area contributed by atoms with Gasteiger partial charge in [-0.15, -0.1) is 0 Å². The average molecular weight is 292 g/mol. The zero-order valence-corrected chi connectivity index (χ0v) is 13.2. The van der Waals surface area contributed by atoms with Gasteiger partial charge in [-0.25, -0.2) is 0 Å². The first-order valence-electron chi connectivity index (χ1n) is 7.75. The molecule has 2 atom stereocenters. The number of thiophene rings is 1. The molecule has 20 heavy (non-hydrogen) atoms. The van der Waals surface area contributed by atoms with Gasteiger partial charge in [-0.1, -0.05) is 19.8 Å². The molecular formula is C16H24N2OS. The zero-order chi connectivity index (χ0) is 14.2. The van der Waals surface area contributed by atoms with Gasteiger partial charge in [0.15, 0.2) is 0 Å². The normalized spacial score (nSPS) is 31.4. The number of nitrogens with zero attached hydrogens (tertiary/aromatic N) is 1. The van der Waals surface area contributed by atoms with Gasteiger partial charge in [0.25, 0.3) is 0 Å². The number of hydrogen-bond acceptors (Lipinski definition) is 3. The highest BCUT2D eigenvalue weighted by Crippen LogP contribution is 2.36. The summed E-state index contributed by atoms with van der Waals surface area (Å²) >= 11 is 1.70. The van der Waals surface area contributed by atoms with Gasteiger partial charge in [-0.2, -0.15) is 11.3 Å². The second-order valence-electron chi connectivity index (χ2n) is 6.40.